The van der Waals surface area contributed by atoms with E-state index >= 15 is 0 Å². The molecule has 1 rings (SSSR count). The van der Waals surface area contributed by atoms with E-state index in [0.717, 1.165) is 12.1 Å². The fourth-order valence-corrected chi connectivity index (χ4v) is 1.17. The number of ether oxygens (including phenoxy) is 1. The lowest BCUT2D eigenvalue weighted by Gasteiger charge is -2.01. The molecule has 0 aliphatic carbocycles. The number of nitrogens with two attached hydrogens (primary N) is 1. The van der Waals surface area contributed by atoms with Crippen LogP contribution in [0.2, 0.25) is 5.02 Å². The Hall–Kier alpha value is -1.55. The lowest BCUT2D eigenvalue weighted by Crippen LogP contribution is -1.94. The predicted molar refractivity (Wildman–Crippen MR) is 56.9 cm³/mol. The maximum Gasteiger partial charge on any atom is 0.330 e. The Kier molecular flexibility index (Phi) is 3.68. The van der Waals surface area contributed by atoms with Crippen LogP contribution in [-0.2, 0) is 9.53 Å². The minimum atomic E-state index is -0.580. The predicted octanol–water partition coefficient (Wildman–Crippen LogP) is 2.25. The fraction of sp³-hybridized carbons (Fsp3) is 0.100. The Morgan fingerprint density at radius 3 is 2.87 bits per heavy atom. The van der Waals surface area contributed by atoms with Gasteiger partial charge in [-0.1, -0.05) is 11.6 Å². The molecule has 0 bridgehead atoms. The number of hydrogen-bond donors (Lipinski definition) is 1. The third-order valence-electron chi connectivity index (χ3n) is 1.72. The quantitative estimate of drug-likeness (QED) is 0.481. The van der Waals surface area contributed by atoms with Crippen molar-refractivity contribution in [3.8, 4) is 0 Å². The number of methoxy groups -OCH3 is 1. The Bertz CT molecular complexity index is 418. The van der Waals surface area contributed by atoms with E-state index in [4.69, 9.17) is 17.3 Å². The molecule has 0 radical (unpaired) electrons. The molecule has 0 aliphatic heterocycles. The molecule has 0 saturated heterocycles. The number of rotatable bonds is 2. The van der Waals surface area contributed by atoms with Gasteiger partial charge in [0, 0.05) is 6.08 Å². The molecule has 0 atom stereocenters. The number of anilines is 1. The van der Waals surface area contributed by atoms with Crippen LogP contribution in [0.15, 0.2) is 18.2 Å². The summed E-state index contributed by atoms with van der Waals surface area (Å²) < 4.78 is 17.4. The van der Waals surface area contributed by atoms with Crippen molar-refractivity contribution in [2.24, 2.45) is 0 Å². The van der Waals surface area contributed by atoms with E-state index in [-0.39, 0.29) is 10.7 Å². The van der Waals surface area contributed by atoms with Gasteiger partial charge in [0.15, 0.2) is 0 Å². The van der Waals surface area contributed by atoms with E-state index in [1.165, 1.54) is 19.3 Å². The SMILES string of the molecule is COC(=O)C=Cc1cc(F)c(N)cc1Cl. The second-order valence-corrected chi connectivity index (χ2v) is 3.16. The van der Waals surface area contributed by atoms with Gasteiger partial charge in [-0.25, -0.2) is 9.18 Å². The van der Waals surface area contributed by atoms with Gasteiger partial charge in [-0.05, 0) is 23.8 Å². The lowest BCUT2D eigenvalue weighted by atomic mass is 10.2. The molecule has 5 heteroatoms. The number of esters is 1. The van der Waals surface area contributed by atoms with E-state index < -0.39 is 11.8 Å². The molecule has 15 heavy (non-hydrogen) atoms. The van der Waals surface area contributed by atoms with Gasteiger partial charge in [-0.3, -0.25) is 0 Å². The molecule has 80 valence electrons. The van der Waals surface area contributed by atoms with Gasteiger partial charge in [0.2, 0.25) is 0 Å². The van der Waals surface area contributed by atoms with Crippen LogP contribution in [-0.4, -0.2) is 13.1 Å². The van der Waals surface area contributed by atoms with Crippen LogP contribution in [0, 0.1) is 5.82 Å². The minimum Gasteiger partial charge on any atom is -0.466 e. The Morgan fingerprint density at radius 2 is 2.27 bits per heavy atom. The molecule has 0 unspecified atom stereocenters. The molecule has 0 aromatic heterocycles. The smallest absolute Gasteiger partial charge is 0.330 e. The maximum atomic E-state index is 13.0. The van der Waals surface area contributed by atoms with Crippen molar-refractivity contribution >= 4 is 29.3 Å². The monoisotopic (exact) mass is 229 g/mol. The molecule has 3 nitrogen and oxygen atoms in total. The number of halogens is 2. The maximum absolute atomic E-state index is 13.0. The summed E-state index contributed by atoms with van der Waals surface area (Å²) in [4.78, 5) is 10.8. The van der Waals surface area contributed by atoms with Crippen molar-refractivity contribution in [3.63, 3.8) is 0 Å². The van der Waals surface area contributed by atoms with Gasteiger partial charge in [0.25, 0.3) is 0 Å². The summed E-state index contributed by atoms with van der Waals surface area (Å²) >= 11 is 5.78. The van der Waals surface area contributed by atoms with Crippen molar-refractivity contribution in [1.82, 2.24) is 0 Å². The zero-order valence-corrected chi connectivity index (χ0v) is 8.72. The summed E-state index contributed by atoms with van der Waals surface area (Å²) in [6.45, 7) is 0. The normalized spacial score (nSPS) is 10.6. The Balaban J connectivity index is 3.00. The van der Waals surface area contributed by atoms with E-state index in [9.17, 15) is 9.18 Å². The van der Waals surface area contributed by atoms with Gasteiger partial charge in [-0.2, -0.15) is 0 Å². The molecule has 2 N–H and O–H groups in total. The van der Waals surface area contributed by atoms with Gasteiger partial charge in [-0.15, -0.1) is 0 Å². The highest BCUT2D eigenvalue weighted by molar-refractivity contribution is 6.32. The minimum absolute atomic E-state index is 0.0322. The molecule has 0 fully saturated rings. The average molecular weight is 230 g/mol. The summed E-state index contributed by atoms with van der Waals surface area (Å²) in [6, 6.07) is 2.44. The number of hydrogen-bond acceptors (Lipinski definition) is 3. The van der Waals surface area contributed by atoms with Crippen LogP contribution in [0.3, 0.4) is 0 Å². The highest BCUT2D eigenvalue weighted by Gasteiger charge is 2.04. The molecular formula is C10H9ClFNO2. The van der Waals surface area contributed by atoms with Gasteiger partial charge in [0.1, 0.15) is 5.82 Å². The van der Waals surface area contributed by atoms with Gasteiger partial charge in [0.05, 0.1) is 17.8 Å². The molecule has 1 aromatic carbocycles. The zero-order chi connectivity index (χ0) is 11.4. The highest BCUT2D eigenvalue weighted by atomic mass is 35.5. The summed E-state index contributed by atoms with van der Waals surface area (Å²) in [5.41, 5.74) is 5.63. The van der Waals surface area contributed by atoms with Gasteiger partial charge < -0.3 is 10.5 Å². The van der Waals surface area contributed by atoms with Crippen molar-refractivity contribution < 1.29 is 13.9 Å². The highest BCUT2D eigenvalue weighted by Crippen LogP contribution is 2.23. The topological polar surface area (TPSA) is 52.3 Å². The molecule has 0 spiro atoms. The summed E-state index contributed by atoms with van der Waals surface area (Å²) in [6.07, 6.45) is 2.51. The van der Waals surface area contributed by atoms with E-state index in [1.54, 1.807) is 0 Å². The van der Waals surface area contributed by atoms with Crippen LogP contribution in [0.4, 0.5) is 10.1 Å². The summed E-state index contributed by atoms with van der Waals surface area (Å²) in [5, 5.41) is 0.272. The zero-order valence-electron chi connectivity index (χ0n) is 7.96. The van der Waals surface area contributed by atoms with Crippen LogP contribution < -0.4 is 5.73 Å². The van der Waals surface area contributed by atoms with Crippen molar-refractivity contribution in [2.75, 3.05) is 12.8 Å². The number of carbonyl (C=O) groups is 1. The van der Waals surface area contributed by atoms with Crippen molar-refractivity contribution in [2.45, 2.75) is 0 Å². The fourth-order valence-electron chi connectivity index (χ4n) is 0.931. The second kappa shape index (κ2) is 4.79. The summed E-state index contributed by atoms with van der Waals surface area (Å²) in [7, 11) is 1.25. The third kappa shape index (κ3) is 2.95. The first-order valence-corrected chi connectivity index (χ1v) is 4.43. The number of benzene rings is 1. The standard InChI is InChI=1S/C10H9ClFNO2/c1-15-10(14)3-2-6-4-8(12)9(13)5-7(6)11/h2-5H,13H2,1H3. The van der Waals surface area contributed by atoms with Crippen LogP contribution >= 0.6 is 11.6 Å². The number of nitrogen functional groups attached to an aromatic ring is 1. The summed E-state index contributed by atoms with van der Waals surface area (Å²) in [5.74, 6) is -1.12. The second-order valence-electron chi connectivity index (χ2n) is 2.75. The van der Waals surface area contributed by atoms with Crippen molar-refractivity contribution in [3.05, 3.63) is 34.6 Å². The molecule has 1 aromatic rings. The van der Waals surface area contributed by atoms with E-state index in [1.807, 2.05) is 0 Å². The first-order valence-electron chi connectivity index (χ1n) is 4.05. The molecule has 0 aliphatic rings. The van der Waals surface area contributed by atoms with E-state index in [2.05, 4.69) is 4.74 Å². The largest absolute Gasteiger partial charge is 0.466 e. The van der Waals surface area contributed by atoms with Crippen LogP contribution in [0.1, 0.15) is 5.56 Å². The Morgan fingerprint density at radius 1 is 1.60 bits per heavy atom. The van der Waals surface area contributed by atoms with Crippen molar-refractivity contribution in [1.29, 1.82) is 0 Å². The van der Waals surface area contributed by atoms with E-state index in [0.29, 0.717) is 5.56 Å². The first-order chi connectivity index (χ1) is 7.04. The van der Waals surface area contributed by atoms with Crippen LogP contribution in [0.5, 0.6) is 0 Å². The Labute approximate surface area is 91.3 Å². The molecule has 0 saturated carbocycles. The van der Waals surface area contributed by atoms with Crippen LogP contribution in [0.25, 0.3) is 6.08 Å². The third-order valence-corrected chi connectivity index (χ3v) is 2.04. The first kappa shape index (κ1) is 11.5. The molecular weight excluding hydrogens is 221 g/mol. The average Bonchev–Trinajstić information content (AvgIpc) is 2.21. The lowest BCUT2D eigenvalue weighted by molar-refractivity contribution is -0.134. The molecule has 0 amide bonds. The number of carbonyl (C=O) groups excluding carboxylic acids is 1. The van der Waals surface area contributed by atoms with Gasteiger partial charge >= 0.3 is 5.97 Å². The molecule has 0 heterocycles.